The van der Waals surface area contributed by atoms with Gasteiger partial charge >= 0.3 is 5.97 Å². The van der Waals surface area contributed by atoms with Crippen LogP contribution in [0.15, 0.2) is 18.2 Å². The lowest BCUT2D eigenvalue weighted by molar-refractivity contribution is -0.145. The number of carbonyl (C=O) groups is 1. The first kappa shape index (κ1) is 13.7. The molecule has 0 amide bonds. The molecule has 19 heavy (non-hydrogen) atoms. The van der Waals surface area contributed by atoms with Crippen LogP contribution in [-0.4, -0.2) is 41.3 Å². The van der Waals surface area contributed by atoms with Crippen LogP contribution in [0.5, 0.6) is 11.5 Å². The van der Waals surface area contributed by atoms with Gasteiger partial charge in [0.25, 0.3) is 0 Å². The van der Waals surface area contributed by atoms with E-state index in [2.05, 4.69) is 4.90 Å². The van der Waals surface area contributed by atoms with Crippen molar-refractivity contribution in [3.05, 3.63) is 23.8 Å². The molecule has 1 atom stereocenters. The number of nitrogens with zero attached hydrogens (tertiary/aromatic N) is 1. The van der Waals surface area contributed by atoms with Crippen LogP contribution in [0.1, 0.15) is 12.5 Å². The van der Waals surface area contributed by atoms with Gasteiger partial charge in [-0.25, -0.2) is 0 Å². The molecule has 1 aliphatic heterocycles. The number of carboxylic acids is 1. The van der Waals surface area contributed by atoms with Crippen LogP contribution in [-0.2, 0) is 11.3 Å². The summed E-state index contributed by atoms with van der Waals surface area (Å²) in [6.07, 6.45) is 0. The molecule has 1 aliphatic rings. The first-order chi connectivity index (χ1) is 9.01. The Morgan fingerprint density at radius 3 is 2.74 bits per heavy atom. The van der Waals surface area contributed by atoms with E-state index in [0.717, 1.165) is 18.7 Å². The average Bonchev–Trinajstić information content (AvgIpc) is 2.33. The predicted octanol–water partition coefficient (Wildman–Crippen LogP) is 1.55. The Kier molecular flexibility index (Phi) is 3.95. The summed E-state index contributed by atoms with van der Waals surface area (Å²) >= 11 is 0. The van der Waals surface area contributed by atoms with Gasteiger partial charge in [-0.2, -0.15) is 0 Å². The normalized spacial score (nSPS) is 17.8. The van der Waals surface area contributed by atoms with Gasteiger partial charge < -0.3 is 14.9 Å². The van der Waals surface area contributed by atoms with Gasteiger partial charge in [-0.1, -0.05) is 13.0 Å². The van der Waals surface area contributed by atoms with Gasteiger partial charge in [0.05, 0.1) is 13.0 Å². The van der Waals surface area contributed by atoms with E-state index >= 15 is 0 Å². The Bertz CT molecular complexity index is 469. The summed E-state index contributed by atoms with van der Waals surface area (Å²) in [6.45, 7) is 3.91. The third-order valence-corrected chi connectivity index (χ3v) is 3.77. The van der Waals surface area contributed by atoms with Gasteiger partial charge in [-0.15, -0.1) is 0 Å². The maximum atomic E-state index is 10.9. The number of aromatic hydroxyl groups is 1. The lowest BCUT2D eigenvalue weighted by Crippen LogP contribution is -2.50. The fourth-order valence-electron chi connectivity index (χ4n) is 2.30. The number of rotatable bonds is 5. The van der Waals surface area contributed by atoms with Gasteiger partial charge in [-0.3, -0.25) is 9.69 Å². The molecular formula is C14H19NO4. The fourth-order valence-corrected chi connectivity index (χ4v) is 2.30. The highest BCUT2D eigenvalue weighted by Gasteiger charge is 2.34. The molecule has 1 aromatic rings. The van der Waals surface area contributed by atoms with Crippen LogP contribution in [0.3, 0.4) is 0 Å². The largest absolute Gasteiger partial charge is 0.507 e. The van der Waals surface area contributed by atoms with Crippen molar-refractivity contribution in [1.82, 2.24) is 4.90 Å². The molecule has 1 aromatic carbocycles. The van der Waals surface area contributed by atoms with Crippen molar-refractivity contribution in [2.24, 2.45) is 11.8 Å². The van der Waals surface area contributed by atoms with Crippen LogP contribution in [0.2, 0.25) is 0 Å². The molecule has 0 bridgehead atoms. The van der Waals surface area contributed by atoms with E-state index in [4.69, 9.17) is 9.84 Å². The molecule has 104 valence electrons. The Labute approximate surface area is 112 Å². The minimum atomic E-state index is -0.739. The maximum absolute atomic E-state index is 10.9. The number of hydrogen-bond acceptors (Lipinski definition) is 4. The van der Waals surface area contributed by atoms with E-state index in [1.807, 2.05) is 12.1 Å². The summed E-state index contributed by atoms with van der Waals surface area (Å²) < 4.78 is 5.03. The van der Waals surface area contributed by atoms with E-state index in [1.54, 1.807) is 20.1 Å². The second-order valence-corrected chi connectivity index (χ2v) is 5.08. The highest BCUT2D eigenvalue weighted by atomic mass is 16.5. The third-order valence-electron chi connectivity index (χ3n) is 3.77. The predicted molar refractivity (Wildman–Crippen MR) is 70.2 cm³/mol. The Balaban J connectivity index is 1.89. The molecule has 1 saturated heterocycles. The molecule has 1 unspecified atom stereocenters. The number of aliphatic carboxylic acids is 1. The minimum Gasteiger partial charge on any atom is -0.507 e. The standard InChI is InChI=1S/C14H19NO4/c1-9(14(17)18)11-7-15(8-11)6-10-3-4-12(19-2)5-13(10)16/h3-5,9,11,16H,6-8H2,1-2H3,(H,17,18). The van der Waals surface area contributed by atoms with Crippen molar-refractivity contribution in [2.75, 3.05) is 20.2 Å². The summed E-state index contributed by atoms with van der Waals surface area (Å²) in [7, 11) is 1.56. The first-order valence-electron chi connectivity index (χ1n) is 6.32. The van der Waals surface area contributed by atoms with Gasteiger partial charge in [0.15, 0.2) is 0 Å². The smallest absolute Gasteiger partial charge is 0.306 e. The zero-order valence-corrected chi connectivity index (χ0v) is 11.2. The Hall–Kier alpha value is -1.75. The number of hydrogen-bond donors (Lipinski definition) is 2. The second-order valence-electron chi connectivity index (χ2n) is 5.08. The van der Waals surface area contributed by atoms with E-state index in [9.17, 15) is 9.90 Å². The Morgan fingerprint density at radius 2 is 2.21 bits per heavy atom. The topological polar surface area (TPSA) is 70.0 Å². The van der Waals surface area contributed by atoms with Crippen molar-refractivity contribution in [3.63, 3.8) is 0 Å². The Morgan fingerprint density at radius 1 is 1.53 bits per heavy atom. The van der Waals surface area contributed by atoms with E-state index in [0.29, 0.717) is 12.3 Å². The van der Waals surface area contributed by atoms with Crippen LogP contribution in [0.4, 0.5) is 0 Å². The molecule has 0 aromatic heterocycles. The number of phenols is 1. The van der Waals surface area contributed by atoms with Crippen LogP contribution in [0.25, 0.3) is 0 Å². The van der Waals surface area contributed by atoms with Gasteiger partial charge in [0.1, 0.15) is 11.5 Å². The van der Waals surface area contributed by atoms with Crippen LogP contribution in [0, 0.1) is 11.8 Å². The van der Waals surface area contributed by atoms with E-state index in [1.165, 1.54) is 0 Å². The molecule has 0 aliphatic carbocycles. The summed E-state index contributed by atoms with van der Waals surface area (Å²) in [5, 5.41) is 18.8. The third kappa shape index (κ3) is 2.98. The molecular weight excluding hydrogens is 246 g/mol. The average molecular weight is 265 g/mol. The molecule has 0 saturated carbocycles. The second kappa shape index (κ2) is 5.48. The number of benzene rings is 1. The minimum absolute atomic E-state index is 0.206. The zero-order chi connectivity index (χ0) is 14.0. The monoisotopic (exact) mass is 265 g/mol. The van der Waals surface area contributed by atoms with Crippen molar-refractivity contribution in [3.8, 4) is 11.5 Å². The van der Waals surface area contributed by atoms with Gasteiger partial charge in [0, 0.05) is 31.3 Å². The quantitative estimate of drug-likeness (QED) is 0.845. The SMILES string of the molecule is COc1ccc(CN2CC(C(C)C(=O)O)C2)c(O)c1. The summed E-state index contributed by atoms with van der Waals surface area (Å²) in [5.41, 5.74) is 0.835. The van der Waals surface area contributed by atoms with E-state index < -0.39 is 5.97 Å². The number of phenolic OH excluding ortho intramolecular Hbond substituents is 1. The molecule has 5 nitrogen and oxygen atoms in total. The molecule has 0 spiro atoms. The van der Waals surface area contributed by atoms with Crippen molar-refractivity contribution < 1.29 is 19.7 Å². The highest BCUT2D eigenvalue weighted by Crippen LogP contribution is 2.29. The van der Waals surface area contributed by atoms with Crippen LogP contribution < -0.4 is 4.74 Å². The lowest BCUT2D eigenvalue weighted by atomic mass is 9.87. The zero-order valence-electron chi connectivity index (χ0n) is 11.2. The summed E-state index contributed by atoms with van der Waals surface area (Å²) in [5.74, 6) is 0.00636. The van der Waals surface area contributed by atoms with Crippen molar-refractivity contribution >= 4 is 5.97 Å². The lowest BCUT2D eigenvalue weighted by Gasteiger charge is -2.41. The fraction of sp³-hybridized carbons (Fsp3) is 0.500. The van der Waals surface area contributed by atoms with Gasteiger partial charge in [0.2, 0.25) is 0 Å². The van der Waals surface area contributed by atoms with Gasteiger partial charge in [-0.05, 0) is 12.0 Å². The number of methoxy groups -OCH3 is 1. The molecule has 5 heteroatoms. The molecule has 0 radical (unpaired) electrons. The molecule has 1 fully saturated rings. The first-order valence-corrected chi connectivity index (χ1v) is 6.32. The number of likely N-dealkylation sites (tertiary alicyclic amines) is 1. The molecule has 2 N–H and O–H groups in total. The molecule has 2 rings (SSSR count). The van der Waals surface area contributed by atoms with Crippen LogP contribution >= 0.6 is 0 Å². The van der Waals surface area contributed by atoms with Crippen molar-refractivity contribution in [1.29, 1.82) is 0 Å². The summed E-state index contributed by atoms with van der Waals surface area (Å²) in [4.78, 5) is 13.0. The van der Waals surface area contributed by atoms with E-state index in [-0.39, 0.29) is 17.6 Å². The molecule has 1 heterocycles. The highest BCUT2D eigenvalue weighted by molar-refractivity contribution is 5.70. The number of carboxylic acid groups (broad SMARTS) is 1. The number of ether oxygens (including phenoxy) is 1. The summed E-state index contributed by atoms with van der Waals surface area (Å²) in [6, 6.07) is 5.24. The maximum Gasteiger partial charge on any atom is 0.306 e. The van der Waals surface area contributed by atoms with Crippen molar-refractivity contribution in [2.45, 2.75) is 13.5 Å².